The average Bonchev–Trinajstić information content (AvgIpc) is 2.85. The second-order valence-corrected chi connectivity index (χ2v) is 5.27. The highest BCUT2D eigenvalue weighted by molar-refractivity contribution is 5.87. The van der Waals surface area contributed by atoms with Crippen molar-refractivity contribution in [3.05, 3.63) is 35.4 Å². The van der Waals surface area contributed by atoms with Gasteiger partial charge in [0.2, 0.25) is 5.91 Å². The number of carboxylic acids is 1. The molecule has 2 rings (SSSR count). The first kappa shape index (κ1) is 14.5. The number of benzene rings is 1. The standard InChI is InChI=1S/C15H19NO4/c1-10-7-13(9-20-10)14(17)16(2)8-11-3-5-12(6-4-11)15(18)19/h3-6,10,13H,7-9H2,1-2H3,(H,18,19). The molecule has 20 heavy (non-hydrogen) atoms. The van der Waals surface area contributed by atoms with Crippen LogP contribution in [0.25, 0.3) is 0 Å². The van der Waals surface area contributed by atoms with Gasteiger partial charge in [-0.05, 0) is 31.0 Å². The van der Waals surface area contributed by atoms with Gasteiger partial charge < -0.3 is 14.7 Å². The minimum Gasteiger partial charge on any atom is -0.478 e. The molecule has 5 nitrogen and oxygen atoms in total. The highest BCUT2D eigenvalue weighted by Gasteiger charge is 2.30. The Morgan fingerprint density at radius 3 is 2.50 bits per heavy atom. The summed E-state index contributed by atoms with van der Waals surface area (Å²) in [5.41, 5.74) is 1.17. The lowest BCUT2D eigenvalue weighted by molar-refractivity contribution is -0.134. The Morgan fingerprint density at radius 1 is 1.35 bits per heavy atom. The molecular formula is C15H19NO4. The number of rotatable bonds is 4. The largest absolute Gasteiger partial charge is 0.478 e. The zero-order valence-electron chi connectivity index (χ0n) is 11.7. The van der Waals surface area contributed by atoms with Crippen molar-refractivity contribution in [1.82, 2.24) is 4.90 Å². The van der Waals surface area contributed by atoms with Gasteiger partial charge in [0.15, 0.2) is 0 Å². The Kier molecular flexibility index (Phi) is 4.39. The van der Waals surface area contributed by atoms with Gasteiger partial charge in [-0.3, -0.25) is 4.79 Å². The van der Waals surface area contributed by atoms with Crippen LogP contribution >= 0.6 is 0 Å². The van der Waals surface area contributed by atoms with Crippen molar-refractivity contribution in [2.45, 2.75) is 26.0 Å². The second kappa shape index (κ2) is 6.05. The first-order valence-corrected chi connectivity index (χ1v) is 6.66. The number of hydrogen-bond donors (Lipinski definition) is 1. The molecule has 1 aromatic rings. The molecule has 0 aromatic heterocycles. The molecule has 2 atom stereocenters. The smallest absolute Gasteiger partial charge is 0.335 e. The van der Waals surface area contributed by atoms with E-state index in [1.807, 2.05) is 6.92 Å². The van der Waals surface area contributed by atoms with Crippen LogP contribution in [-0.2, 0) is 16.1 Å². The van der Waals surface area contributed by atoms with Crippen LogP contribution in [0.4, 0.5) is 0 Å². The highest BCUT2D eigenvalue weighted by atomic mass is 16.5. The number of carbonyl (C=O) groups excluding carboxylic acids is 1. The molecule has 1 aliphatic rings. The van der Waals surface area contributed by atoms with Gasteiger partial charge in [0.05, 0.1) is 24.2 Å². The molecule has 2 unspecified atom stereocenters. The maximum Gasteiger partial charge on any atom is 0.335 e. The molecular weight excluding hydrogens is 258 g/mol. The third kappa shape index (κ3) is 3.36. The van der Waals surface area contributed by atoms with Crippen LogP contribution in [0.1, 0.15) is 29.3 Å². The van der Waals surface area contributed by atoms with Gasteiger partial charge in [0, 0.05) is 13.6 Å². The summed E-state index contributed by atoms with van der Waals surface area (Å²) in [5.74, 6) is -0.928. The Balaban J connectivity index is 1.95. The summed E-state index contributed by atoms with van der Waals surface area (Å²) in [5, 5.41) is 8.84. The van der Waals surface area contributed by atoms with E-state index >= 15 is 0 Å². The minimum atomic E-state index is -0.946. The van der Waals surface area contributed by atoms with Gasteiger partial charge in [-0.25, -0.2) is 4.79 Å². The van der Waals surface area contributed by atoms with E-state index in [9.17, 15) is 9.59 Å². The summed E-state index contributed by atoms with van der Waals surface area (Å²) in [6.07, 6.45) is 0.911. The molecule has 5 heteroatoms. The van der Waals surface area contributed by atoms with E-state index in [0.29, 0.717) is 13.2 Å². The molecule has 1 aromatic carbocycles. The molecule has 1 N–H and O–H groups in total. The van der Waals surface area contributed by atoms with Crippen molar-refractivity contribution in [3.8, 4) is 0 Å². The van der Waals surface area contributed by atoms with Gasteiger partial charge in [0.1, 0.15) is 0 Å². The molecule has 1 amide bonds. The number of carboxylic acid groups (broad SMARTS) is 1. The van der Waals surface area contributed by atoms with Crippen LogP contribution in [0.15, 0.2) is 24.3 Å². The zero-order valence-corrected chi connectivity index (χ0v) is 11.7. The molecule has 0 aliphatic carbocycles. The van der Waals surface area contributed by atoms with Gasteiger partial charge in [0.25, 0.3) is 0 Å². The molecule has 0 bridgehead atoms. The third-order valence-electron chi connectivity index (χ3n) is 3.54. The van der Waals surface area contributed by atoms with Crippen molar-refractivity contribution < 1.29 is 19.4 Å². The number of ether oxygens (including phenoxy) is 1. The maximum atomic E-state index is 12.2. The van der Waals surface area contributed by atoms with E-state index < -0.39 is 5.97 Å². The maximum absolute atomic E-state index is 12.2. The van der Waals surface area contributed by atoms with E-state index in [1.165, 1.54) is 0 Å². The van der Waals surface area contributed by atoms with Crippen molar-refractivity contribution in [3.63, 3.8) is 0 Å². The second-order valence-electron chi connectivity index (χ2n) is 5.27. The van der Waals surface area contributed by atoms with Crippen LogP contribution in [0.3, 0.4) is 0 Å². The molecule has 0 saturated carbocycles. The quantitative estimate of drug-likeness (QED) is 0.910. The van der Waals surface area contributed by atoms with Crippen molar-refractivity contribution in [2.75, 3.05) is 13.7 Å². The van der Waals surface area contributed by atoms with Crippen molar-refractivity contribution in [1.29, 1.82) is 0 Å². The minimum absolute atomic E-state index is 0.0618. The van der Waals surface area contributed by atoms with Crippen molar-refractivity contribution >= 4 is 11.9 Å². The Hall–Kier alpha value is -1.88. The number of amides is 1. The summed E-state index contributed by atoms with van der Waals surface area (Å²) < 4.78 is 5.42. The Morgan fingerprint density at radius 2 is 2.00 bits per heavy atom. The number of aromatic carboxylic acids is 1. The summed E-state index contributed by atoms with van der Waals surface area (Å²) >= 11 is 0. The fraction of sp³-hybridized carbons (Fsp3) is 0.467. The van der Waals surface area contributed by atoms with Gasteiger partial charge in [-0.15, -0.1) is 0 Å². The summed E-state index contributed by atoms with van der Waals surface area (Å²) in [6.45, 7) is 2.93. The van der Waals surface area contributed by atoms with Crippen LogP contribution in [0.2, 0.25) is 0 Å². The first-order chi connectivity index (χ1) is 9.47. The van der Waals surface area contributed by atoms with Gasteiger partial charge in [-0.2, -0.15) is 0 Å². The summed E-state index contributed by atoms with van der Waals surface area (Å²) in [4.78, 5) is 24.7. The lowest BCUT2D eigenvalue weighted by Gasteiger charge is -2.20. The van der Waals surface area contributed by atoms with Crippen LogP contribution in [0.5, 0.6) is 0 Å². The van der Waals surface area contributed by atoms with E-state index in [4.69, 9.17) is 9.84 Å². The molecule has 0 radical (unpaired) electrons. The molecule has 1 aliphatic heterocycles. The number of hydrogen-bond acceptors (Lipinski definition) is 3. The van der Waals surface area contributed by atoms with Gasteiger partial charge in [-0.1, -0.05) is 12.1 Å². The predicted molar refractivity (Wildman–Crippen MR) is 73.4 cm³/mol. The predicted octanol–water partition coefficient (Wildman–Crippen LogP) is 1.77. The SMILES string of the molecule is CC1CC(C(=O)N(C)Cc2ccc(C(=O)O)cc2)CO1. The lowest BCUT2D eigenvalue weighted by atomic mass is 10.0. The van der Waals surface area contributed by atoms with Crippen molar-refractivity contribution in [2.24, 2.45) is 5.92 Å². The molecule has 108 valence electrons. The average molecular weight is 277 g/mol. The van der Waals surface area contributed by atoms with Gasteiger partial charge >= 0.3 is 5.97 Å². The topological polar surface area (TPSA) is 66.8 Å². The zero-order chi connectivity index (χ0) is 14.7. The molecule has 1 fully saturated rings. The first-order valence-electron chi connectivity index (χ1n) is 6.66. The van der Waals surface area contributed by atoms with Crippen LogP contribution in [0, 0.1) is 5.92 Å². The van der Waals surface area contributed by atoms with Crippen LogP contribution in [-0.4, -0.2) is 41.6 Å². The lowest BCUT2D eigenvalue weighted by Crippen LogP contribution is -2.32. The number of carbonyl (C=O) groups is 2. The Bertz CT molecular complexity index is 497. The number of nitrogens with zero attached hydrogens (tertiary/aromatic N) is 1. The highest BCUT2D eigenvalue weighted by Crippen LogP contribution is 2.21. The van der Waals surface area contributed by atoms with E-state index in [1.54, 1.807) is 36.2 Å². The monoisotopic (exact) mass is 277 g/mol. The van der Waals surface area contributed by atoms with E-state index in [0.717, 1.165) is 12.0 Å². The molecule has 0 spiro atoms. The fourth-order valence-corrected chi connectivity index (χ4v) is 2.41. The summed E-state index contributed by atoms with van der Waals surface area (Å²) in [7, 11) is 1.76. The summed E-state index contributed by atoms with van der Waals surface area (Å²) in [6, 6.07) is 6.58. The fourth-order valence-electron chi connectivity index (χ4n) is 2.41. The Labute approximate surface area is 118 Å². The van der Waals surface area contributed by atoms with E-state index in [-0.39, 0.29) is 23.5 Å². The molecule has 1 saturated heterocycles. The normalized spacial score (nSPS) is 21.7. The van der Waals surface area contributed by atoms with Crippen LogP contribution < -0.4 is 0 Å². The van der Waals surface area contributed by atoms with E-state index in [2.05, 4.69) is 0 Å². The third-order valence-corrected chi connectivity index (χ3v) is 3.54. The molecule has 1 heterocycles.